The second-order valence-electron chi connectivity index (χ2n) is 6.11. The lowest BCUT2D eigenvalue weighted by atomic mass is 10.1. The third-order valence-electron chi connectivity index (χ3n) is 3.71. The first kappa shape index (κ1) is 17.2. The predicted octanol–water partition coefficient (Wildman–Crippen LogP) is 4.48. The number of hydrogen-bond donors (Lipinski definition) is 1. The molecule has 4 rings (SSSR count). The smallest absolute Gasteiger partial charge is 0.412 e. The molecule has 0 aliphatic heterocycles. The highest BCUT2D eigenvalue weighted by Crippen LogP contribution is 2.30. The van der Waals surface area contributed by atoms with Crippen LogP contribution in [-0.2, 0) is 4.74 Å². The van der Waals surface area contributed by atoms with Crippen LogP contribution in [0.2, 0.25) is 0 Å². The van der Waals surface area contributed by atoms with E-state index < -0.39 is 6.09 Å². The molecular formula is C19H17N5O2S. The molecule has 27 heavy (non-hydrogen) atoms. The molecule has 0 unspecified atom stereocenters. The zero-order valence-electron chi connectivity index (χ0n) is 14.8. The van der Waals surface area contributed by atoms with E-state index in [2.05, 4.69) is 15.3 Å². The molecule has 3 aromatic heterocycles. The number of anilines is 1. The normalized spacial score (nSPS) is 11.1. The number of fused-ring (bicyclic) bond motifs is 1. The van der Waals surface area contributed by atoms with Gasteiger partial charge in [0.25, 0.3) is 0 Å². The third kappa shape index (κ3) is 3.65. The molecule has 3 heterocycles. The van der Waals surface area contributed by atoms with Gasteiger partial charge in [-0.05, 0) is 13.8 Å². The van der Waals surface area contributed by atoms with Crippen LogP contribution >= 0.6 is 11.3 Å². The van der Waals surface area contributed by atoms with Crippen LogP contribution in [0.5, 0.6) is 0 Å². The SMILES string of the molecule is CC(C)OC(=O)Nc1cnc(-c2cn3ccnc3c(-c3ccccc3)n2)s1. The Labute approximate surface area is 159 Å². The Bertz CT molecular complexity index is 1090. The van der Waals surface area contributed by atoms with Crippen molar-refractivity contribution in [1.82, 2.24) is 19.4 Å². The van der Waals surface area contributed by atoms with Crippen LogP contribution in [0, 0.1) is 0 Å². The Kier molecular flexibility index (Phi) is 4.55. The Morgan fingerprint density at radius 1 is 1.22 bits per heavy atom. The second kappa shape index (κ2) is 7.16. The molecule has 0 radical (unpaired) electrons. The molecule has 0 fully saturated rings. The van der Waals surface area contributed by atoms with Gasteiger partial charge < -0.3 is 9.14 Å². The quantitative estimate of drug-likeness (QED) is 0.565. The molecule has 0 atom stereocenters. The van der Waals surface area contributed by atoms with Crippen molar-refractivity contribution in [3.05, 3.63) is 55.1 Å². The lowest BCUT2D eigenvalue weighted by Crippen LogP contribution is -2.17. The van der Waals surface area contributed by atoms with Crippen molar-refractivity contribution in [2.75, 3.05) is 5.32 Å². The van der Waals surface area contributed by atoms with Gasteiger partial charge in [0, 0.05) is 24.2 Å². The zero-order chi connectivity index (χ0) is 18.8. The summed E-state index contributed by atoms with van der Waals surface area (Å²) in [5.41, 5.74) is 3.24. The fourth-order valence-electron chi connectivity index (χ4n) is 2.62. The zero-order valence-corrected chi connectivity index (χ0v) is 15.6. The van der Waals surface area contributed by atoms with Gasteiger partial charge in [-0.3, -0.25) is 5.32 Å². The number of rotatable bonds is 4. The Balaban J connectivity index is 1.70. The minimum Gasteiger partial charge on any atom is -0.447 e. The molecule has 7 nitrogen and oxygen atoms in total. The maximum absolute atomic E-state index is 11.8. The summed E-state index contributed by atoms with van der Waals surface area (Å²) in [7, 11) is 0. The summed E-state index contributed by atoms with van der Waals surface area (Å²) in [6, 6.07) is 9.89. The van der Waals surface area contributed by atoms with E-state index >= 15 is 0 Å². The molecule has 136 valence electrons. The highest BCUT2D eigenvalue weighted by atomic mass is 32.1. The number of hydrogen-bond acceptors (Lipinski definition) is 6. The van der Waals surface area contributed by atoms with Crippen LogP contribution in [-0.4, -0.2) is 31.5 Å². The van der Waals surface area contributed by atoms with E-state index in [0.29, 0.717) is 15.7 Å². The van der Waals surface area contributed by atoms with E-state index in [9.17, 15) is 4.79 Å². The summed E-state index contributed by atoms with van der Waals surface area (Å²) in [6.07, 6.45) is 6.41. The van der Waals surface area contributed by atoms with E-state index in [1.165, 1.54) is 11.3 Å². The molecule has 0 saturated heterocycles. The monoisotopic (exact) mass is 379 g/mol. The number of carbonyl (C=O) groups is 1. The Morgan fingerprint density at radius 2 is 2.04 bits per heavy atom. The first-order chi connectivity index (χ1) is 13.1. The van der Waals surface area contributed by atoms with Crippen molar-refractivity contribution in [1.29, 1.82) is 0 Å². The number of carbonyl (C=O) groups excluding carboxylic acids is 1. The van der Waals surface area contributed by atoms with Crippen LogP contribution in [0.3, 0.4) is 0 Å². The van der Waals surface area contributed by atoms with Crippen LogP contribution in [0.15, 0.2) is 55.1 Å². The summed E-state index contributed by atoms with van der Waals surface area (Å²) < 4.78 is 7.02. The van der Waals surface area contributed by atoms with E-state index in [1.807, 2.05) is 47.1 Å². The summed E-state index contributed by atoms with van der Waals surface area (Å²) in [6.45, 7) is 3.60. The van der Waals surface area contributed by atoms with Gasteiger partial charge in [0.05, 0.1) is 12.3 Å². The van der Waals surface area contributed by atoms with Crippen LogP contribution in [0.1, 0.15) is 13.8 Å². The Morgan fingerprint density at radius 3 is 2.81 bits per heavy atom. The first-order valence-electron chi connectivity index (χ1n) is 8.43. The highest BCUT2D eigenvalue weighted by Gasteiger charge is 2.14. The van der Waals surface area contributed by atoms with E-state index in [-0.39, 0.29) is 6.10 Å². The third-order valence-corrected chi connectivity index (χ3v) is 4.65. The van der Waals surface area contributed by atoms with E-state index in [0.717, 1.165) is 16.9 Å². The van der Waals surface area contributed by atoms with Gasteiger partial charge in [0.2, 0.25) is 0 Å². The highest BCUT2D eigenvalue weighted by molar-refractivity contribution is 7.19. The first-order valence-corrected chi connectivity index (χ1v) is 9.25. The average molecular weight is 379 g/mol. The number of nitrogens with zero attached hydrogens (tertiary/aromatic N) is 4. The van der Waals surface area contributed by atoms with Crippen molar-refractivity contribution in [3.63, 3.8) is 0 Å². The lowest BCUT2D eigenvalue weighted by Gasteiger charge is -2.07. The maximum Gasteiger partial charge on any atom is 0.412 e. The average Bonchev–Trinajstić information content (AvgIpc) is 3.30. The molecule has 1 N–H and O–H groups in total. The second-order valence-corrected chi connectivity index (χ2v) is 7.14. The summed E-state index contributed by atoms with van der Waals surface area (Å²) in [5.74, 6) is 0. The number of thiazole rings is 1. The van der Waals surface area contributed by atoms with Gasteiger partial charge in [-0.2, -0.15) is 0 Å². The van der Waals surface area contributed by atoms with Gasteiger partial charge in [-0.1, -0.05) is 41.7 Å². The largest absolute Gasteiger partial charge is 0.447 e. The fraction of sp³-hybridized carbons (Fsp3) is 0.158. The minimum atomic E-state index is -0.497. The molecule has 0 aliphatic carbocycles. The van der Waals surface area contributed by atoms with Gasteiger partial charge in [-0.15, -0.1) is 0 Å². The standard InChI is InChI=1S/C19H17N5O2S/c1-12(2)26-19(25)23-15-10-21-18(27-15)14-11-24-9-8-20-17(24)16(22-14)13-6-4-3-5-7-13/h3-12H,1-2H3,(H,23,25). The van der Waals surface area contributed by atoms with Crippen molar-refractivity contribution in [2.45, 2.75) is 20.0 Å². The molecule has 8 heteroatoms. The van der Waals surface area contributed by atoms with E-state index in [4.69, 9.17) is 9.72 Å². The number of nitrogens with one attached hydrogen (secondary N) is 1. The number of imidazole rings is 1. The maximum atomic E-state index is 11.8. The topological polar surface area (TPSA) is 81.4 Å². The van der Waals surface area contributed by atoms with Crippen molar-refractivity contribution < 1.29 is 9.53 Å². The van der Waals surface area contributed by atoms with E-state index in [1.54, 1.807) is 26.2 Å². The molecule has 0 saturated carbocycles. The lowest BCUT2D eigenvalue weighted by molar-refractivity contribution is 0.130. The van der Waals surface area contributed by atoms with Gasteiger partial charge in [0.15, 0.2) is 5.65 Å². The van der Waals surface area contributed by atoms with Gasteiger partial charge in [-0.25, -0.2) is 19.7 Å². The van der Waals surface area contributed by atoms with Gasteiger partial charge in [0.1, 0.15) is 21.4 Å². The van der Waals surface area contributed by atoms with Crippen molar-refractivity contribution in [3.8, 4) is 22.0 Å². The Hall–Kier alpha value is -3.26. The number of aromatic nitrogens is 4. The number of ether oxygens (including phenoxy) is 1. The number of amides is 1. The minimum absolute atomic E-state index is 0.184. The summed E-state index contributed by atoms with van der Waals surface area (Å²) in [5, 5.41) is 3.99. The molecule has 4 aromatic rings. The van der Waals surface area contributed by atoms with Gasteiger partial charge >= 0.3 is 6.09 Å². The van der Waals surface area contributed by atoms with Crippen molar-refractivity contribution >= 4 is 28.1 Å². The van der Waals surface area contributed by atoms with Crippen LogP contribution in [0.25, 0.3) is 27.6 Å². The van der Waals surface area contributed by atoms with Crippen LogP contribution in [0.4, 0.5) is 9.80 Å². The predicted molar refractivity (Wildman–Crippen MR) is 105 cm³/mol. The molecular weight excluding hydrogens is 362 g/mol. The summed E-state index contributed by atoms with van der Waals surface area (Å²) in [4.78, 5) is 25.3. The summed E-state index contributed by atoms with van der Waals surface area (Å²) >= 11 is 1.34. The molecule has 0 spiro atoms. The number of benzene rings is 1. The molecule has 1 amide bonds. The molecule has 1 aromatic carbocycles. The van der Waals surface area contributed by atoms with Crippen molar-refractivity contribution in [2.24, 2.45) is 0 Å². The van der Waals surface area contributed by atoms with Crippen LogP contribution < -0.4 is 5.32 Å². The molecule has 0 aliphatic rings. The molecule has 0 bridgehead atoms. The fourth-order valence-corrected chi connectivity index (χ4v) is 3.38.